The predicted octanol–water partition coefficient (Wildman–Crippen LogP) is 8.00. The lowest BCUT2D eigenvalue weighted by atomic mass is 9.72. The van der Waals surface area contributed by atoms with E-state index in [0.717, 1.165) is 34.5 Å². The monoisotopic (exact) mass is 625 g/mol. The summed E-state index contributed by atoms with van der Waals surface area (Å²) in [6.07, 6.45) is -3.24. The third-order valence-electron chi connectivity index (χ3n) is 6.57. The zero-order valence-electron chi connectivity index (χ0n) is 25.2. The van der Waals surface area contributed by atoms with Gasteiger partial charge < -0.3 is 15.2 Å². The molecule has 0 atom stereocenters. The molecule has 1 aliphatic rings. The van der Waals surface area contributed by atoms with E-state index in [0.29, 0.717) is 5.69 Å². The van der Waals surface area contributed by atoms with Crippen molar-refractivity contribution in [2.75, 3.05) is 16.0 Å². The van der Waals surface area contributed by atoms with Crippen LogP contribution in [0, 0.1) is 0 Å². The number of nitrogens with zero attached hydrogens (tertiary/aromatic N) is 2. The standard InChI is InChI=1S/C33H34F3N3O4S/c1-31(2,3)27-20(16-17-24(40)28(27)32(4,5)6)18-23-29(42)39(21-12-8-7-9-13-21)30(38-23)44-19-26(41)37-22-14-10-11-15-25(22)43-33(34,35)36/h7-18,40H,19H2,1-6H3,(H,37,41)/b23-18-. The summed E-state index contributed by atoms with van der Waals surface area (Å²) in [6.45, 7) is 12.1. The second-order valence-electron chi connectivity index (χ2n) is 12.2. The van der Waals surface area contributed by atoms with Gasteiger partial charge in [-0.2, -0.15) is 0 Å². The van der Waals surface area contributed by atoms with Gasteiger partial charge in [-0.3, -0.25) is 14.5 Å². The maximum atomic E-state index is 13.8. The first-order chi connectivity index (χ1) is 20.5. The molecule has 0 spiro atoms. The van der Waals surface area contributed by atoms with E-state index >= 15 is 0 Å². The summed E-state index contributed by atoms with van der Waals surface area (Å²) < 4.78 is 42.5. The fraction of sp³-hybridized carbons (Fsp3) is 0.303. The number of aliphatic imine (C=N–C) groups is 1. The quantitative estimate of drug-likeness (QED) is 0.271. The Hall–Kier alpha value is -4.25. The minimum Gasteiger partial charge on any atom is -0.508 e. The maximum Gasteiger partial charge on any atom is 0.573 e. The molecule has 0 unspecified atom stereocenters. The summed E-state index contributed by atoms with van der Waals surface area (Å²) in [5, 5.41) is 13.5. The number of amides is 2. The van der Waals surface area contributed by atoms with Crippen LogP contribution < -0.4 is 15.0 Å². The van der Waals surface area contributed by atoms with Crippen LogP contribution in [0.5, 0.6) is 11.5 Å². The second-order valence-corrected chi connectivity index (χ2v) is 13.1. The van der Waals surface area contributed by atoms with Crippen LogP contribution in [0.2, 0.25) is 0 Å². The number of phenolic OH excluding ortho intramolecular Hbond substituents is 1. The molecule has 7 nitrogen and oxygen atoms in total. The minimum atomic E-state index is -4.93. The molecule has 0 aromatic heterocycles. The topological polar surface area (TPSA) is 91.2 Å². The van der Waals surface area contributed by atoms with Crippen LogP contribution >= 0.6 is 11.8 Å². The Bertz CT molecular complexity index is 1620. The van der Waals surface area contributed by atoms with E-state index in [1.807, 2.05) is 41.5 Å². The highest BCUT2D eigenvalue weighted by atomic mass is 32.2. The minimum absolute atomic E-state index is 0.136. The van der Waals surface area contributed by atoms with Crippen LogP contribution in [0.3, 0.4) is 0 Å². The van der Waals surface area contributed by atoms with Crippen molar-refractivity contribution in [3.05, 3.63) is 89.1 Å². The van der Waals surface area contributed by atoms with Gasteiger partial charge in [-0.25, -0.2) is 4.99 Å². The number of hydrogen-bond acceptors (Lipinski definition) is 6. The molecule has 2 amide bonds. The number of thioether (sulfide) groups is 1. The highest BCUT2D eigenvalue weighted by Gasteiger charge is 2.35. The number of phenols is 1. The molecule has 0 aliphatic carbocycles. The lowest BCUT2D eigenvalue weighted by Gasteiger charge is -2.32. The van der Waals surface area contributed by atoms with Crippen molar-refractivity contribution < 1.29 is 32.6 Å². The van der Waals surface area contributed by atoms with Crippen molar-refractivity contribution in [2.45, 2.75) is 58.7 Å². The number of halogens is 3. The molecule has 0 saturated carbocycles. The smallest absolute Gasteiger partial charge is 0.508 e. The molecule has 0 radical (unpaired) electrons. The van der Waals surface area contributed by atoms with Crippen molar-refractivity contribution >= 4 is 46.2 Å². The van der Waals surface area contributed by atoms with Crippen LogP contribution in [0.25, 0.3) is 6.08 Å². The van der Waals surface area contributed by atoms with Gasteiger partial charge in [-0.15, -0.1) is 13.2 Å². The number of anilines is 2. The van der Waals surface area contributed by atoms with Crippen LogP contribution in [0.1, 0.15) is 58.2 Å². The number of ether oxygens (including phenoxy) is 1. The molecule has 0 fully saturated rings. The number of amidine groups is 1. The summed E-state index contributed by atoms with van der Waals surface area (Å²) in [5.74, 6) is -1.64. The lowest BCUT2D eigenvalue weighted by molar-refractivity contribution is -0.274. The number of aromatic hydroxyl groups is 1. The Balaban J connectivity index is 1.69. The predicted molar refractivity (Wildman–Crippen MR) is 169 cm³/mol. The Morgan fingerprint density at radius 2 is 1.55 bits per heavy atom. The maximum absolute atomic E-state index is 13.8. The zero-order valence-corrected chi connectivity index (χ0v) is 26.1. The highest BCUT2D eigenvalue weighted by molar-refractivity contribution is 8.14. The molecule has 3 aromatic rings. The summed E-state index contributed by atoms with van der Waals surface area (Å²) in [5.41, 5.74) is 2.13. The molecule has 44 heavy (non-hydrogen) atoms. The number of benzene rings is 3. The Morgan fingerprint density at radius 3 is 2.16 bits per heavy atom. The van der Waals surface area contributed by atoms with E-state index < -0.39 is 29.3 Å². The number of carbonyl (C=O) groups excluding carboxylic acids is 2. The molecule has 2 N–H and O–H groups in total. The highest BCUT2D eigenvalue weighted by Crippen LogP contribution is 2.42. The Morgan fingerprint density at radius 1 is 0.932 bits per heavy atom. The summed E-state index contributed by atoms with van der Waals surface area (Å²) >= 11 is 0.970. The molecular formula is C33H34F3N3O4S. The number of carbonyl (C=O) groups is 2. The Labute approximate surface area is 258 Å². The molecule has 0 bridgehead atoms. The molecular weight excluding hydrogens is 591 g/mol. The van der Waals surface area contributed by atoms with Crippen LogP contribution in [0.15, 0.2) is 77.4 Å². The zero-order chi connectivity index (χ0) is 32.4. The van der Waals surface area contributed by atoms with Gasteiger partial charge in [-0.05, 0) is 58.4 Å². The third-order valence-corrected chi connectivity index (χ3v) is 7.51. The molecule has 11 heteroatoms. The third kappa shape index (κ3) is 7.63. The summed E-state index contributed by atoms with van der Waals surface area (Å²) in [6, 6.07) is 17.4. The number of alkyl halides is 3. The fourth-order valence-corrected chi connectivity index (χ4v) is 5.75. The van der Waals surface area contributed by atoms with Crippen molar-refractivity contribution in [3.63, 3.8) is 0 Å². The molecule has 1 aliphatic heterocycles. The van der Waals surface area contributed by atoms with Crippen molar-refractivity contribution in [3.8, 4) is 11.5 Å². The van der Waals surface area contributed by atoms with Gasteiger partial charge in [-0.1, -0.05) is 89.7 Å². The summed E-state index contributed by atoms with van der Waals surface area (Å²) in [4.78, 5) is 32.6. The van der Waals surface area contributed by atoms with Crippen LogP contribution in [-0.2, 0) is 20.4 Å². The molecule has 1 heterocycles. The normalized spacial score (nSPS) is 15.0. The van der Waals surface area contributed by atoms with Gasteiger partial charge in [0.25, 0.3) is 5.91 Å². The van der Waals surface area contributed by atoms with E-state index in [1.54, 1.807) is 48.5 Å². The first-order valence-corrected chi connectivity index (χ1v) is 14.8. The van der Waals surface area contributed by atoms with E-state index in [2.05, 4.69) is 15.0 Å². The molecule has 3 aromatic carbocycles. The average Bonchev–Trinajstić information content (AvgIpc) is 3.22. The van der Waals surface area contributed by atoms with E-state index in [-0.39, 0.29) is 33.5 Å². The van der Waals surface area contributed by atoms with E-state index in [4.69, 9.17) is 0 Å². The van der Waals surface area contributed by atoms with Crippen molar-refractivity contribution in [2.24, 2.45) is 4.99 Å². The van der Waals surface area contributed by atoms with E-state index in [1.165, 1.54) is 23.1 Å². The van der Waals surface area contributed by atoms with Crippen LogP contribution in [0.4, 0.5) is 24.5 Å². The average molecular weight is 626 g/mol. The fourth-order valence-electron chi connectivity index (χ4n) is 4.94. The number of nitrogens with one attached hydrogen (secondary N) is 1. The van der Waals surface area contributed by atoms with Gasteiger partial charge in [0.05, 0.1) is 17.1 Å². The van der Waals surface area contributed by atoms with Gasteiger partial charge in [0.1, 0.15) is 11.4 Å². The summed E-state index contributed by atoms with van der Waals surface area (Å²) in [7, 11) is 0. The lowest BCUT2D eigenvalue weighted by Crippen LogP contribution is -2.31. The van der Waals surface area contributed by atoms with Gasteiger partial charge in [0.2, 0.25) is 5.91 Å². The van der Waals surface area contributed by atoms with Crippen molar-refractivity contribution in [1.82, 2.24) is 0 Å². The number of para-hydroxylation sites is 3. The first-order valence-electron chi connectivity index (χ1n) is 13.8. The Kier molecular flexibility index (Phi) is 9.20. The van der Waals surface area contributed by atoms with Crippen molar-refractivity contribution in [1.29, 1.82) is 0 Å². The molecule has 0 saturated heterocycles. The van der Waals surface area contributed by atoms with Gasteiger partial charge >= 0.3 is 6.36 Å². The second kappa shape index (κ2) is 12.4. The number of rotatable bonds is 6. The largest absolute Gasteiger partial charge is 0.573 e. The SMILES string of the molecule is CC(C)(C)c1c(O)ccc(/C=C2\N=C(SCC(=O)Nc3ccccc3OC(F)(F)F)N(c3ccccc3)C2=O)c1C(C)(C)C. The van der Waals surface area contributed by atoms with E-state index in [9.17, 15) is 27.9 Å². The van der Waals surface area contributed by atoms with Gasteiger partial charge in [0, 0.05) is 5.56 Å². The first kappa shape index (κ1) is 32.7. The molecule has 232 valence electrons. The number of hydrogen-bond donors (Lipinski definition) is 2. The van der Waals surface area contributed by atoms with Crippen LogP contribution in [-0.4, -0.2) is 34.2 Å². The van der Waals surface area contributed by atoms with Gasteiger partial charge in [0.15, 0.2) is 10.9 Å². The molecule has 4 rings (SSSR count).